The summed E-state index contributed by atoms with van der Waals surface area (Å²) < 4.78 is 0. The van der Waals surface area contributed by atoms with Crippen molar-refractivity contribution in [3.05, 3.63) is 18.3 Å². The molecule has 1 aromatic rings. The monoisotopic (exact) mass is 225 g/mol. The van der Waals surface area contributed by atoms with Crippen LogP contribution in [0.5, 0.6) is 0 Å². The maximum Gasteiger partial charge on any atom is 0.166 e. The summed E-state index contributed by atoms with van der Waals surface area (Å²) in [6.45, 7) is 1.69. The van der Waals surface area contributed by atoms with Gasteiger partial charge >= 0.3 is 0 Å². The van der Waals surface area contributed by atoms with Gasteiger partial charge < -0.3 is 16.0 Å². The summed E-state index contributed by atoms with van der Waals surface area (Å²) in [6.07, 6.45) is 2.62. The Morgan fingerprint density at radius 2 is 2.33 bits per heavy atom. The number of anilines is 1. The van der Waals surface area contributed by atoms with Gasteiger partial charge in [0.25, 0.3) is 0 Å². The Balaban J connectivity index is 2.05. The molecule has 0 aliphatic rings. The standard InChI is InChI=1S/C9H15N5S/c1-10-9(15)12-6-3-5-11-8-4-2-7-13-14-8/h2,4,7H,3,5-6H2,1H3,(H,11,14)(H2,10,12,15). The van der Waals surface area contributed by atoms with Crippen LogP contribution in [0.25, 0.3) is 0 Å². The van der Waals surface area contributed by atoms with Crippen molar-refractivity contribution in [2.24, 2.45) is 0 Å². The van der Waals surface area contributed by atoms with E-state index in [1.807, 2.05) is 12.1 Å². The van der Waals surface area contributed by atoms with Crippen LogP contribution in [0.1, 0.15) is 6.42 Å². The molecule has 0 saturated carbocycles. The van der Waals surface area contributed by atoms with Gasteiger partial charge in [0.2, 0.25) is 0 Å². The summed E-state index contributed by atoms with van der Waals surface area (Å²) >= 11 is 4.93. The average molecular weight is 225 g/mol. The molecule has 6 heteroatoms. The fourth-order valence-electron chi connectivity index (χ4n) is 0.991. The third-order valence-electron chi connectivity index (χ3n) is 1.74. The summed E-state index contributed by atoms with van der Waals surface area (Å²) in [4.78, 5) is 0. The molecule has 0 spiro atoms. The second-order valence-corrected chi connectivity index (χ2v) is 3.30. The van der Waals surface area contributed by atoms with E-state index in [0.29, 0.717) is 5.11 Å². The average Bonchev–Trinajstić information content (AvgIpc) is 2.29. The van der Waals surface area contributed by atoms with Crippen molar-refractivity contribution in [3.8, 4) is 0 Å². The molecule has 82 valence electrons. The Bertz CT molecular complexity index is 290. The van der Waals surface area contributed by atoms with Crippen LogP contribution in [0.4, 0.5) is 5.82 Å². The Labute approximate surface area is 94.7 Å². The van der Waals surface area contributed by atoms with E-state index in [9.17, 15) is 0 Å². The van der Waals surface area contributed by atoms with Crippen LogP contribution in [-0.2, 0) is 0 Å². The largest absolute Gasteiger partial charge is 0.369 e. The summed E-state index contributed by atoms with van der Waals surface area (Å²) in [6, 6.07) is 3.74. The third kappa shape index (κ3) is 5.11. The third-order valence-corrected chi connectivity index (χ3v) is 2.09. The Morgan fingerprint density at radius 1 is 1.47 bits per heavy atom. The van der Waals surface area contributed by atoms with Crippen LogP contribution < -0.4 is 16.0 Å². The number of nitrogens with one attached hydrogen (secondary N) is 3. The minimum absolute atomic E-state index is 0.675. The maximum absolute atomic E-state index is 4.93. The van der Waals surface area contributed by atoms with E-state index in [4.69, 9.17) is 12.2 Å². The second kappa shape index (κ2) is 6.94. The zero-order valence-electron chi connectivity index (χ0n) is 8.66. The first-order valence-electron chi connectivity index (χ1n) is 4.80. The molecule has 0 amide bonds. The number of thiocarbonyl (C=S) groups is 1. The topological polar surface area (TPSA) is 61.9 Å². The molecule has 1 heterocycles. The van der Waals surface area contributed by atoms with Gasteiger partial charge in [-0.15, -0.1) is 5.10 Å². The molecular formula is C9H15N5S. The predicted molar refractivity (Wildman–Crippen MR) is 64.8 cm³/mol. The number of rotatable bonds is 5. The number of hydrogen-bond donors (Lipinski definition) is 3. The van der Waals surface area contributed by atoms with E-state index < -0.39 is 0 Å². The van der Waals surface area contributed by atoms with Gasteiger partial charge in [0.15, 0.2) is 5.11 Å². The first kappa shape index (κ1) is 11.6. The molecule has 0 aliphatic carbocycles. The highest BCUT2D eigenvalue weighted by Crippen LogP contribution is 1.96. The van der Waals surface area contributed by atoms with Crippen molar-refractivity contribution in [1.29, 1.82) is 0 Å². The second-order valence-electron chi connectivity index (χ2n) is 2.90. The van der Waals surface area contributed by atoms with Crippen molar-refractivity contribution >= 4 is 23.1 Å². The quantitative estimate of drug-likeness (QED) is 0.497. The van der Waals surface area contributed by atoms with Crippen molar-refractivity contribution in [2.45, 2.75) is 6.42 Å². The fourth-order valence-corrected chi connectivity index (χ4v) is 1.09. The molecule has 0 atom stereocenters. The van der Waals surface area contributed by atoms with E-state index >= 15 is 0 Å². The molecule has 0 unspecified atom stereocenters. The zero-order chi connectivity index (χ0) is 10.9. The van der Waals surface area contributed by atoms with Crippen LogP contribution in [0.3, 0.4) is 0 Å². The number of aromatic nitrogens is 2. The molecule has 0 saturated heterocycles. The smallest absolute Gasteiger partial charge is 0.166 e. The zero-order valence-corrected chi connectivity index (χ0v) is 9.47. The highest BCUT2D eigenvalue weighted by Gasteiger charge is 1.93. The van der Waals surface area contributed by atoms with E-state index in [0.717, 1.165) is 25.3 Å². The van der Waals surface area contributed by atoms with Gasteiger partial charge in [0, 0.05) is 26.3 Å². The fraction of sp³-hybridized carbons (Fsp3) is 0.444. The number of hydrogen-bond acceptors (Lipinski definition) is 4. The first-order valence-corrected chi connectivity index (χ1v) is 5.21. The maximum atomic E-state index is 4.93. The van der Waals surface area contributed by atoms with E-state index in [-0.39, 0.29) is 0 Å². The van der Waals surface area contributed by atoms with Crippen LogP contribution in [-0.4, -0.2) is 35.4 Å². The van der Waals surface area contributed by atoms with Crippen LogP contribution in [0, 0.1) is 0 Å². The molecule has 0 radical (unpaired) electrons. The van der Waals surface area contributed by atoms with Crippen LogP contribution in [0.15, 0.2) is 18.3 Å². The molecule has 0 aromatic carbocycles. The molecule has 0 aliphatic heterocycles. The molecule has 1 rings (SSSR count). The lowest BCUT2D eigenvalue weighted by molar-refractivity contribution is 0.791. The minimum atomic E-state index is 0.675. The predicted octanol–water partition coefficient (Wildman–Crippen LogP) is 0.372. The lowest BCUT2D eigenvalue weighted by Crippen LogP contribution is -2.33. The van der Waals surface area contributed by atoms with E-state index in [1.54, 1.807) is 13.2 Å². The molecular weight excluding hydrogens is 210 g/mol. The highest BCUT2D eigenvalue weighted by atomic mass is 32.1. The van der Waals surface area contributed by atoms with Crippen molar-refractivity contribution < 1.29 is 0 Å². The lowest BCUT2D eigenvalue weighted by Gasteiger charge is -2.07. The van der Waals surface area contributed by atoms with Crippen molar-refractivity contribution in [3.63, 3.8) is 0 Å². The Kier molecular flexibility index (Phi) is 5.39. The lowest BCUT2D eigenvalue weighted by atomic mass is 10.4. The summed E-state index contributed by atoms with van der Waals surface area (Å²) in [7, 11) is 1.80. The van der Waals surface area contributed by atoms with Gasteiger partial charge in [0.1, 0.15) is 5.82 Å². The SMILES string of the molecule is CNC(=S)NCCCNc1cccnn1. The van der Waals surface area contributed by atoms with E-state index in [2.05, 4.69) is 26.1 Å². The molecule has 15 heavy (non-hydrogen) atoms. The summed E-state index contributed by atoms with van der Waals surface area (Å²) in [5.41, 5.74) is 0. The Morgan fingerprint density at radius 3 is 3.00 bits per heavy atom. The highest BCUT2D eigenvalue weighted by molar-refractivity contribution is 7.80. The number of nitrogens with zero attached hydrogens (tertiary/aromatic N) is 2. The van der Waals surface area contributed by atoms with Gasteiger partial charge in [-0.25, -0.2) is 0 Å². The molecule has 3 N–H and O–H groups in total. The molecule has 1 aromatic heterocycles. The molecule has 5 nitrogen and oxygen atoms in total. The van der Waals surface area contributed by atoms with Gasteiger partial charge in [-0.05, 0) is 30.8 Å². The van der Waals surface area contributed by atoms with Gasteiger partial charge in [-0.1, -0.05) is 0 Å². The van der Waals surface area contributed by atoms with Gasteiger partial charge in [0.05, 0.1) is 0 Å². The van der Waals surface area contributed by atoms with Gasteiger partial charge in [-0.2, -0.15) is 5.10 Å². The summed E-state index contributed by atoms with van der Waals surface area (Å²) in [5, 5.41) is 17.4. The minimum Gasteiger partial charge on any atom is -0.369 e. The van der Waals surface area contributed by atoms with E-state index in [1.165, 1.54) is 0 Å². The molecule has 0 fully saturated rings. The molecule has 0 bridgehead atoms. The Hall–Kier alpha value is -1.43. The van der Waals surface area contributed by atoms with Gasteiger partial charge in [-0.3, -0.25) is 0 Å². The van der Waals surface area contributed by atoms with Crippen molar-refractivity contribution in [2.75, 3.05) is 25.5 Å². The first-order chi connectivity index (χ1) is 7.33. The van der Waals surface area contributed by atoms with Crippen LogP contribution in [0.2, 0.25) is 0 Å². The normalized spacial score (nSPS) is 9.40. The van der Waals surface area contributed by atoms with Crippen molar-refractivity contribution in [1.82, 2.24) is 20.8 Å². The van der Waals surface area contributed by atoms with Crippen LogP contribution >= 0.6 is 12.2 Å². The summed E-state index contributed by atoms with van der Waals surface area (Å²) in [5.74, 6) is 0.800.